The molecule has 3 heterocycles. The third kappa shape index (κ3) is 7.00. The molecule has 2 aromatic carbocycles. The second kappa shape index (κ2) is 12.6. The summed E-state index contributed by atoms with van der Waals surface area (Å²) in [5.74, 6) is -0.207. The van der Waals surface area contributed by atoms with Gasteiger partial charge < -0.3 is 20.3 Å². The number of ether oxygens (including phenoxy) is 1. The van der Waals surface area contributed by atoms with Gasteiger partial charge in [-0.1, -0.05) is 46.3 Å². The van der Waals surface area contributed by atoms with Crippen molar-refractivity contribution in [3.05, 3.63) is 69.0 Å². The Labute approximate surface area is 273 Å². The smallest absolute Gasteiger partial charge is 0.410 e. The zero-order valence-electron chi connectivity index (χ0n) is 24.9. The van der Waals surface area contributed by atoms with Crippen molar-refractivity contribution in [3.63, 3.8) is 0 Å². The van der Waals surface area contributed by atoms with Gasteiger partial charge in [-0.15, -0.1) is 22.7 Å². The first-order chi connectivity index (χ1) is 21.0. The Kier molecular flexibility index (Phi) is 8.81. The minimum atomic E-state index is -0.575. The summed E-state index contributed by atoms with van der Waals surface area (Å²) in [6.07, 6.45) is 2.68. The molecule has 230 valence electrons. The summed E-state index contributed by atoms with van der Waals surface area (Å²) in [5, 5.41) is 7.92. The van der Waals surface area contributed by atoms with Crippen molar-refractivity contribution in [1.82, 2.24) is 15.2 Å². The number of fused-ring (bicyclic) bond motifs is 2. The van der Waals surface area contributed by atoms with Crippen molar-refractivity contribution in [2.45, 2.75) is 71.1 Å². The highest BCUT2D eigenvalue weighted by molar-refractivity contribution is 9.10. The summed E-state index contributed by atoms with van der Waals surface area (Å²) < 4.78 is 7.68. The summed E-state index contributed by atoms with van der Waals surface area (Å²) in [6, 6.07) is 16.0. The lowest BCUT2D eigenvalue weighted by molar-refractivity contribution is -0.127. The van der Waals surface area contributed by atoms with E-state index in [1.807, 2.05) is 63.2 Å². The number of halogens is 1. The first-order valence-electron chi connectivity index (χ1n) is 14.9. The minimum absolute atomic E-state index is 0.00938. The Hall–Kier alpha value is -3.28. The zero-order chi connectivity index (χ0) is 31.0. The number of carbonyl (C=O) groups excluding carboxylic acids is 3. The number of amides is 3. The summed E-state index contributed by atoms with van der Waals surface area (Å²) in [5.41, 5.74) is 3.54. The molecule has 4 aromatic rings. The molecule has 3 amide bonds. The van der Waals surface area contributed by atoms with Gasteiger partial charge in [-0.25, -0.2) is 9.78 Å². The molecule has 1 saturated carbocycles. The Bertz CT molecular complexity index is 1710. The van der Waals surface area contributed by atoms with Crippen molar-refractivity contribution < 1.29 is 19.1 Å². The van der Waals surface area contributed by atoms with Crippen molar-refractivity contribution >= 4 is 71.7 Å². The number of carbonyl (C=O) groups is 3. The van der Waals surface area contributed by atoms with E-state index < -0.39 is 5.60 Å². The quantitative estimate of drug-likeness (QED) is 0.208. The molecule has 0 saturated heterocycles. The molecule has 0 unspecified atom stereocenters. The van der Waals surface area contributed by atoms with Gasteiger partial charge >= 0.3 is 6.09 Å². The van der Waals surface area contributed by atoms with Crippen LogP contribution in [-0.2, 0) is 33.7 Å². The second-order valence-corrected chi connectivity index (χ2v) is 15.4. The van der Waals surface area contributed by atoms with Crippen LogP contribution in [0.5, 0.6) is 0 Å². The molecular formula is C33H35BrN4O4S2. The van der Waals surface area contributed by atoms with E-state index in [4.69, 9.17) is 9.72 Å². The maximum atomic E-state index is 13.5. The fourth-order valence-electron chi connectivity index (χ4n) is 5.57. The topological polar surface area (TPSA) is 101 Å². The van der Waals surface area contributed by atoms with Crippen molar-refractivity contribution in [3.8, 4) is 10.6 Å². The lowest BCUT2D eigenvalue weighted by Crippen LogP contribution is -2.48. The van der Waals surface area contributed by atoms with Gasteiger partial charge in [0.2, 0.25) is 11.8 Å². The van der Waals surface area contributed by atoms with Gasteiger partial charge in [0.15, 0.2) is 0 Å². The number of hydrogen-bond donors (Lipinski definition) is 2. The fourth-order valence-corrected chi connectivity index (χ4v) is 8.50. The van der Waals surface area contributed by atoms with E-state index in [2.05, 4.69) is 32.6 Å². The molecular weight excluding hydrogens is 660 g/mol. The molecule has 2 aromatic heterocycles. The minimum Gasteiger partial charge on any atom is -0.444 e. The molecule has 2 N–H and O–H groups in total. The molecule has 8 nitrogen and oxygen atoms in total. The van der Waals surface area contributed by atoms with Gasteiger partial charge in [0.25, 0.3) is 0 Å². The van der Waals surface area contributed by atoms with Crippen molar-refractivity contribution in [2.75, 3.05) is 11.9 Å². The highest BCUT2D eigenvalue weighted by Gasteiger charge is 2.37. The maximum Gasteiger partial charge on any atom is 0.410 e. The Morgan fingerprint density at radius 3 is 2.61 bits per heavy atom. The summed E-state index contributed by atoms with van der Waals surface area (Å²) in [4.78, 5) is 46.5. The Morgan fingerprint density at radius 1 is 1.09 bits per heavy atom. The first kappa shape index (κ1) is 30.7. The standard InChI is InChI=1S/C33H35BrN4O4S2/c1-33(2,3)42-32(41)38-14-13-23-26(18-38)44-31(28(23)30-36-24-11-10-21(34)17-25(24)43-30)37-29(40)20-15-22(16-20)35-27(39)12-9-19-7-5-4-6-8-19/h4-8,10-11,17,20,22H,9,12-16,18H2,1-3H3,(H,35,39)(H,37,40). The molecule has 1 aliphatic heterocycles. The maximum absolute atomic E-state index is 13.5. The predicted octanol–water partition coefficient (Wildman–Crippen LogP) is 7.55. The molecule has 1 fully saturated rings. The monoisotopic (exact) mass is 694 g/mol. The van der Waals surface area contributed by atoms with E-state index >= 15 is 0 Å². The number of anilines is 1. The highest BCUT2D eigenvalue weighted by atomic mass is 79.9. The molecule has 0 atom stereocenters. The number of thiophene rings is 1. The number of aryl methyl sites for hydroxylation is 1. The number of aromatic nitrogens is 1. The van der Waals surface area contributed by atoms with Gasteiger partial charge in [0.1, 0.15) is 15.6 Å². The van der Waals surface area contributed by atoms with Crippen LogP contribution < -0.4 is 10.6 Å². The van der Waals surface area contributed by atoms with Crippen LogP contribution >= 0.6 is 38.6 Å². The lowest BCUT2D eigenvalue weighted by atomic mass is 9.79. The summed E-state index contributed by atoms with van der Waals surface area (Å²) in [7, 11) is 0. The number of benzene rings is 2. The normalized spacial score (nSPS) is 18.0. The van der Waals surface area contributed by atoms with E-state index in [-0.39, 0.29) is 29.9 Å². The van der Waals surface area contributed by atoms with Crippen LogP contribution in [0.1, 0.15) is 56.0 Å². The van der Waals surface area contributed by atoms with Crippen LogP contribution in [0.3, 0.4) is 0 Å². The number of nitrogens with one attached hydrogen (secondary N) is 2. The third-order valence-corrected chi connectivity index (χ3v) is 10.5. The molecule has 0 bridgehead atoms. The largest absolute Gasteiger partial charge is 0.444 e. The second-order valence-electron chi connectivity index (χ2n) is 12.4. The average Bonchev–Trinajstić information content (AvgIpc) is 3.52. The molecule has 0 radical (unpaired) electrons. The number of hydrogen-bond acceptors (Lipinski definition) is 7. The van der Waals surface area contributed by atoms with E-state index in [0.717, 1.165) is 46.3 Å². The van der Waals surface area contributed by atoms with Gasteiger partial charge in [-0.05, 0) is 75.8 Å². The van der Waals surface area contributed by atoms with Crippen LogP contribution in [-0.4, -0.2) is 46.0 Å². The predicted molar refractivity (Wildman–Crippen MR) is 179 cm³/mol. The number of rotatable bonds is 7. The molecule has 1 aliphatic carbocycles. The lowest BCUT2D eigenvalue weighted by Gasteiger charge is -2.34. The summed E-state index contributed by atoms with van der Waals surface area (Å²) >= 11 is 6.67. The van der Waals surface area contributed by atoms with Crippen LogP contribution in [0.15, 0.2) is 53.0 Å². The van der Waals surface area contributed by atoms with Gasteiger partial charge in [0.05, 0.1) is 16.8 Å². The van der Waals surface area contributed by atoms with Crippen LogP contribution in [0, 0.1) is 5.92 Å². The SMILES string of the molecule is CC(C)(C)OC(=O)N1CCc2c(sc(NC(=O)C3CC(NC(=O)CCc4ccccc4)C3)c2-c2nc3ccc(Br)cc3s2)C1. The molecule has 6 rings (SSSR count). The molecule has 44 heavy (non-hydrogen) atoms. The van der Waals surface area contributed by atoms with E-state index in [1.54, 1.807) is 16.2 Å². The van der Waals surface area contributed by atoms with Crippen molar-refractivity contribution in [2.24, 2.45) is 5.92 Å². The van der Waals surface area contributed by atoms with E-state index in [0.29, 0.717) is 45.2 Å². The Morgan fingerprint density at radius 2 is 1.86 bits per heavy atom. The average molecular weight is 696 g/mol. The number of nitrogens with zero attached hydrogens (tertiary/aromatic N) is 2. The summed E-state index contributed by atoms with van der Waals surface area (Å²) in [6.45, 7) is 6.55. The molecule has 0 spiro atoms. The van der Waals surface area contributed by atoms with Gasteiger partial charge in [0, 0.05) is 39.8 Å². The van der Waals surface area contributed by atoms with Crippen LogP contribution in [0.4, 0.5) is 9.80 Å². The molecule has 2 aliphatic rings. The van der Waals surface area contributed by atoms with Gasteiger partial charge in [-0.3, -0.25) is 9.59 Å². The van der Waals surface area contributed by atoms with Crippen molar-refractivity contribution in [1.29, 1.82) is 0 Å². The molecule has 11 heteroatoms. The third-order valence-electron chi connectivity index (χ3n) is 7.87. The fraction of sp³-hybridized carbons (Fsp3) is 0.394. The van der Waals surface area contributed by atoms with E-state index in [9.17, 15) is 14.4 Å². The number of thiazole rings is 1. The Balaban J connectivity index is 1.16. The van der Waals surface area contributed by atoms with Crippen LogP contribution in [0.2, 0.25) is 0 Å². The highest BCUT2D eigenvalue weighted by Crippen LogP contribution is 2.46. The van der Waals surface area contributed by atoms with E-state index in [1.165, 1.54) is 11.3 Å². The van der Waals surface area contributed by atoms with Crippen LogP contribution in [0.25, 0.3) is 20.8 Å². The van der Waals surface area contributed by atoms with Gasteiger partial charge in [-0.2, -0.15) is 0 Å². The first-order valence-corrected chi connectivity index (χ1v) is 17.3. The zero-order valence-corrected chi connectivity index (χ0v) is 28.2.